The molecule has 0 amide bonds. The highest BCUT2D eigenvalue weighted by Gasteiger charge is 2.05. The van der Waals surface area contributed by atoms with Crippen molar-refractivity contribution in [1.82, 2.24) is 0 Å². The van der Waals surface area contributed by atoms with Crippen LogP contribution in [0.3, 0.4) is 0 Å². The zero-order chi connectivity index (χ0) is 13.4. The Morgan fingerprint density at radius 3 is 2.72 bits per heavy atom. The zero-order valence-corrected chi connectivity index (χ0v) is 10.6. The summed E-state index contributed by atoms with van der Waals surface area (Å²) in [4.78, 5) is 10.0. The first-order valence-corrected chi connectivity index (χ1v) is 5.39. The van der Waals surface area contributed by atoms with E-state index in [4.69, 9.17) is 9.47 Å². The summed E-state index contributed by atoms with van der Waals surface area (Å²) >= 11 is 0. The Kier molecular flexibility index (Phi) is 5.63. The molecule has 0 spiro atoms. The van der Waals surface area contributed by atoms with Gasteiger partial charge < -0.3 is 14.2 Å². The molecule has 1 unspecified atom stereocenters. The van der Waals surface area contributed by atoms with E-state index in [9.17, 15) is 4.79 Å². The van der Waals surface area contributed by atoms with E-state index in [0.717, 1.165) is 0 Å². The van der Waals surface area contributed by atoms with Crippen LogP contribution in [0.25, 0.3) is 0 Å². The molecule has 1 atom stereocenters. The van der Waals surface area contributed by atoms with Crippen molar-refractivity contribution in [3.05, 3.63) is 18.2 Å². The number of methoxy groups -OCH3 is 2. The van der Waals surface area contributed by atoms with Crippen molar-refractivity contribution in [3.63, 3.8) is 0 Å². The van der Waals surface area contributed by atoms with Gasteiger partial charge in [0.05, 0.1) is 14.2 Å². The Morgan fingerprint density at radius 1 is 1.33 bits per heavy atom. The SMILES string of the molecule is COc1ccc(N=NC(C)COC=O)c(OC)c1. The van der Waals surface area contributed by atoms with E-state index < -0.39 is 0 Å². The number of carbonyl (C=O) groups is 1. The first-order chi connectivity index (χ1) is 8.71. The van der Waals surface area contributed by atoms with Gasteiger partial charge in [0.25, 0.3) is 6.47 Å². The third-order valence-corrected chi connectivity index (χ3v) is 2.15. The molecular formula is C12H16N2O4. The second kappa shape index (κ2) is 7.26. The molecule has 0 radical (unpaired) electrons. The fourth-order valence-electron chi connectivity index (χ4n) is 1.24. The maximum atomic E-state index is 10.0. The molecule has 0 saturated carbocycles. The van der Waals surface area contributed by atoms with E-state index in [1.807, 2.05) is 0 Å². The van der Waals surface area contributed by atoms with Crippen LogP contribution in [0.15, 0.2) is 28.4 Å². The summed E-state index contributed by atoms with van der Waals surface area (Å²) in [5.74, 6) is 1.25. The maximum Gasteiger partial charge on any atom is 0.293 e. The van der Waals surface area contributed by atoms with Crippen molar-refractivity contribution in [2.75, 3.05) is 20.8 Å². The third kappa shape index (κ3) is 4.04. The van der Waals surface area contributed by atoms with Gasteiger partial charge in [0.2, 0.25) is 0 Å². The minimum absolute atomic E-state index is 0.200. The smallest absolute Gasteiger partial charge is 0.293 e. The largest absolute Gasteiger partial charge is 0.497 e. The quantitative estimate of drug-likeness (QED) is 0.551. The predicted molar refractivity (Wildman–Crippen MR) is 65.5 cm³/mol. The van der Waals surface area contributed by atoms with Gasteiger partial charge in [-0.25, -0.2) is 0 Å². The number of rotatable bonds is 7. The highest BCUT2D eigenvalue weighted by Crippen LogP contribution is 2.31. The zero-order valence-electron chi connectivity index (χ0n) is 10.6. The van der Waals surface area contributed by atoms with Crippen LogP contribution in [-0.2, 0) is 9.53 Å². The highest BCUT2D eigenvalue weighted by atomic mass is 16.5. The Labute approximate surface area is 106 Å². The molecule has 0 bridgehead atoms. The normalized spacial score (nSPS) is 12.2. The van der Waals surface area contributed by atoms with Crippen LogP contribution in [-0.4, -0.2) is 33.3 Å². The van der Waals surface area contributed by atoms with Crippen LogP contribution in [0.4, 0.5) is 5.69 Å². The minimum atomic E-state index is -0.206. The molecule has 18 heavy (non-hydrogen) atoms. The second-order valence-electron chi connectivity index (χ2n) is 3.53. The number of carbonyl (C=O) groups excluding carboxylic acids is 1. The van der Waals surface area contributed by atoms with Gasteiger partial charge in [0, 0.05) is 6.07 Å². The molecule has 0 saturated heterocycles. The van der Waals surface area contributed by atoms with E-state index in [1.165, 1.54) is 0 Å². The number of azo groups is 1. The lowest BCUT2D eigenvalue weighted by molar-refractivity contribution is -0.129. The fraction of sp³-hybridized carbons (Fsp3) is 0.417. The van der Waals surface area contributed by atoms with Gasteiger partial charge in [-0.3, -0.25) is 4.79 Å². The lowest BCUT2D eigenvalue weighted by Crippen LogP contribution is -2.07. The number of hydrogen-bond donors (Lipinski definition) is 0. The molecule has 0 aliphatic carbocycles. The third-order valence-electron chi connectivity index (χ3n) is 2.15. The van der Waals surface area contributed by atoms with Gasteiger partial charge in [0.1, 0.15) is 29.8 Å². The topological polar surface area (TPSA) is 69.5 Å². The molecule has 0 aliphatic heterocycles. The first-order valence-electron chi connectivity index (χ1n) is 5.39. The van der Waals surface area contributed by atoms with Crippen molar-refractivity contribution in [3.8, 4) is 11.5 Å². The van der Waals surface area contributed by atoms with Crippen LogP contribution in [0.1, 0.15) is 6.92 Å². The highest BCUT2D eigenvalue weighted by molar-refractivity contribution is 5.54. The molecule has 0 aliphatic rings. The summed E-state index contributed by atoms with van der Waals surface area (Å²) in [6, 6.07) is 5.03. The van der Waals surface area contributed by atoms with Gasteiger partial charge >= 0.3 is 0 Å². The average molecular weight is 252 g/mol. The molecule has 1 aromatic rings. The monoisotopic (exact) mass is 252 g/mol. The Hall–Kier alpha value is -2.11. The molecule has 1 rings (SSSR count). The summed E-state index contributed by atoms with van der Waals surface area (Å²) in [6.45, 7) is 2.38. The Bertz CT molecular complexity index is 421. The van der Waals surface area contributed by atoms with Crippen molar-refractivity contribution in [2.24, 2.45) is 10.2 Å². The van der Waals surface area contributed by atoms with Crippen LogP contribution < -0.4 is 9.47 Å². The van der Waals surface area contributed by atoms with Crippen molar-refractivity contribution >= 4 is 12.2 Å². The summed E-state index contributed by atoms with van der Waals surface area (Å²) in [7, 11) is 3.13. The summed E-state index contributed by atoms with van der Waals surface area (Å²) < 4.78 is 14.9. The van der Waals surface area contributed by atoms with E-state index in [2.05, 4.69) is 15.0 Å². The van der Waals surface area contributed by atoms with E-state index in [1.54, 1.807) is 39.3 Å². The predicted octanol–water partition coefficient (Wildman–Crippen LogP) is 2.35. The van der Waals surface area contributed by atoms with Crippen molar-refractivity contribution < 1.29 is 19.0 Å². The second-order valence-corrected chi connectivity index (χ2v) is 3.53. The summed E-state index contributed by atoms with van der Waals surface area (Å²) in [6.07, 6.45) is 0. The number of nitrogens with zero attached hydrogens (tertiary/aromatic N) is 2. The van der Waals surface area contributed by atoms with Crippen LogP contribution in [0, 0.1) is 0 Å². The van der Waals surface area contributed by atoms with Gasteiger partial charge in [-0.1, -0.05) is 0 Å². The first kappa shape index (κ1) is 14.0. The minimum Gasteiger partial charge on any atom is -0.497 e. The lowest BCUT2D eigenvalue weighted by atomic mass is 10.3. The molecular weight excluding hydrogens is 236 g/mol. The van der Waals surface area contributed by atoms with Gasteiger partial charge in [-0.15, -0.1) is 0 Å². The number of hydrogen-bond acceptors (Lipinski definition) is 6. The number of ether oxygens (including phenoxy) is 3. The fourth-order valence-corrected chi connectivity index (χ4v) is 1.24. The maximum absolute atomic E-state index is 10.0. The van der Waals surface area contributed by atoms with Gasteiger partial charge in [0.15, 0.2) is 0 Å². The molecule has 0 heterocycles. The molecule has 0 aromatic heterocycles. The molecule has 6 nitrogen and oxygen atoms in total. The van der Waals surface area contributed by atoms with Crippen molar-refractivity contribution in [1.29, 1.82) is 0 Å². The summed E-state index contributed by atoms with van der Waals surface area (Å²) in [5, 5.41) is 8.07. The van der Waals surface area contributed by atoms with E-state index >= 15 is 0 Å². The van der Waals surface area contributed by atoms with E-state index in [0.29, 0.717) is 23.7 Å². The van der Waals surface area contributed by atoms with Crippen molar-refractivity contribution in [2.45, 2.75) is 13.0 Å². The van der Waals surface area contributed by atoms with E-state index in [-0.39, 0.29) is 12.6 Å². The molecule has 0 N–H and O–H groups in total. The Balaban J connectivity index is 2.76. The van der Waals surface area contributed by atoms with Gasteiger partial charge in [-0.2, -0.15) is 10.2 Å². The molecule has 1 aromatic carbocycles. The molecule has 98 valence electrons. The van der Waals surface area contributed by atoms with Gasteiger partial charge in [-0.05, 0) is 19.1 Å². The standard InChI is InChI=1S/C12H16N2O4/c1-9(7-18-8-15)13-14-11-5-4-10(16-2)6-12(11)17-3/h4-6,8-9H,7H2,1-3H3. The average Bonchev–Trinajstić information content (AvgIpc) is 2.42. The lowest BCUT2D eigenvalue weighted by Gasteiger charge is -2.07. The molecule has 0 fully saturated rings. The molecule has 6 heteroatoms. The van der Waals surface area contributed by atoms with Crippen LogP contribution >= 0.6 is 0 Å². The van der Waals surface area contributed by atoms with Crippen LogP contribution in [0.5, 0.6) is 11.5 Å². The summed E-state index contributed by atoms with van der Waals surface area (Å²) in [5.41, 5.74) is 0.594. The number of benzene rings is 1. The Morgan fingerprint density at radius 2 is 2.11 bits per heavy atom. The van der Waals surface area contributed by atoms with Crippen LogP contribution in [0.2, 0.25) is 0 Å².